The van der Waals surface area contributed by atoms with E-state index in [1.54, 1.807) is 0 Å². The zero-order valence-corrected chi connectivity index (χ0v) is 7.47. The fourth-order valence-corrected chi connectivity index (χ4v) is 1.90. The minimum Gasteiger partial charge on any atom is -0.191 e. The highest BCUT2D eigenvalue weighted by Crippen LogP contribution is 2.30. The minimum absolute atomic E-state index is 0.804. The van der Waals surface area contributed by atoms with Gasteiger partial charge in [-0.3, -0.25) is 0 Å². The largest absolute Gasteiger partial charge is 0.239 e. The van der Waals surface area contributed by atoms with Gasteiger partial charge in [0, 0.05) is 25.0 Å². The number of rotatable bonds is 2. The molecule has 1 aliphatic carbocycles. The van der Waals surface area contributed by atoms with Gasteiger partial charge in [-0.25, -0.2) is 0 Å². The van der Waals surface area contributed by atoms with Crippen molar-refractivity contribution < 1.29 is 4.57 Å². The SMILES string of the molecule is CSc1cccc[n+]1C1CC1. The van der Waals surface area contributed by atoms with Crippen LogP contribution in [0.5, 0.6) is 0 Å². The molecule has 0 spiro atoms. The molecule has 1 aliphatic rings. The van der Waals surface area contributed by atoms with Gasteiger partial charge in [0.1, 0.15) is 0 Å². The third-order valence-electron chi connectivity index (χ3n) is 2.00. The fourth-order valence-electron chi connectivity index (χ4n) is 1.27. The molecule has 1 saturated carbocycles. The van der Waals surface area contributed by atoms with E-state index in [0.29, 0.717) is 0 Å². The number of hydrogen-bond donors (Lipinski definition) is 0. The Morgan fingerprint density at radius 3 is 2.91 bits per heavy atom. The number of nitrogens with zero attached hydrogens (tertiary/aromatic N) is 1. The second kappa shape index (κ2) is 2.86. The summed E-state index contributed by atoms with van der Waals surface area (Å²) in [5.74, 6) is 0. The van der Waals surface area contributed by atoms with E-state index >= 15 is 0 Å². The lowest BCUT2D eigenvalue weighted by Crippen LogP contribution is -2.33. The van der Waals surface area contributed by atoms with E-state index in [4.69, 9.17) is 0 Å². The quantitative estimate of drug-likeness (QED) is 0.480. The average molecular weight is 166 g/mol. The third-order valence-corrected chi connectivity index (χ3v) is 2.77. The molecule has 1 aromatic rings. The molecule has 0 amide bonds. The van der Waals surface area contributed by atoms with E-state index in [2.05, 4.69) is 35.2 Å². The van der Waals surface area contributed by atoms with Gasteiger partial charge in [-0.2, -0.15) is 4.57 Å². The van der Waals surface area contributed by atoms with Crippen molar-refractivity contribution in [2.75, 3.05) is 6.26 Å². The van der Waals surface area contributed by atoms with Crippen LogP contribution in [0.2, 0.25) is 0 Å². The molecular formula is C9H12NS+. The molecule has 0 saturated heterocycles. The van der Waals surface area contributed by atoms with Gasteiger partial charge < -0.3 is 0 Å². The molecule has 0 radical (unpaired) electrons. The van der Waals surface area contributed by atoms with Crippen LogP contribution in [0.4, 0.5) is 0 Å². The molecule has 0 bridgehead atoms. The summed E-state index contributed by atoms with van der Waals surface area (Å²) in [5.41, 5.74) is 0. The summed E-state index contributed by atoms with van der Waals surface area (Å²) in [5, 5.41) is 1.38. The number of thioether (sulfide) groups is 1. The van der Waals surface area contributed by atoms with Crippen LogP contribution in [-0.2, 0) is 0 Å². The number of hydrogen-bond acceptors (Lipinski definition) is 1. The molecule has 0 aliphatic heterocycles. The standard InChI is InChI=1S/C9H12NS/c1-11-9-4-2-3-7-10(9)8-5-6-8/h2-4,7-8H,5-6H2,1H3/q+1. The maximum Gasteiger partial charge on any atom is 0.239 e. The summed E-state index contributed by atoms with van der Waals surface area (Å²) in [6, 6.07) is 7.20. The molecule has 0 aromatic carbocycles. The first kappa shape index (κ1) is 7.17. The van der Waals surface area contributed by atoms with Gasteiger partial charge in [0.2, 0.25) is 5.03 Å². The Morgan fingerprint density at radius 2 is 2.27 bits per heavy atom. The first-order valence-electron chi connectivity index (χ1n) is 3.96. The van der Waals surface area contributed by atoms with Crippen LogP contribution in [0.15, 0.2) is 29.4 Å². The Hall–Kier alpha value is -0.500. The maximum atomic E-state index is 2.38. The fraction of sp³-hybridized carbons (Fsp3) is 0.444. The second-order valence-corrected chi connectivity index (χ2v) is 3.71. The number of aromatic nitrogens is 1. The summed E-state index contributed by atoms with van der Waals surface area (Å²) < 4.78 is 2.38. The van der Waals surface area contributed by atoms with Crippen molar-refractivity contribution in [1.82, 2.24) is 0 Å². The van der Waals surface area contributed by atoms with Crippen molar-refractivity contribution in [3.8, 4) is 0 Å². The lowest BCUT2D eigenvalue weighted by Gasteiger charge is -1.97. The van der Waals surface area contributed by atoms with Crippen LogP contribution in [0.1, 0.15) is 18.9 Å². The van der Waals surface area contributed by atoms with Gasteiger partial charge >= 0.3 is 0 Å². The van der Waals surface area contributed by atoms with Crippen LogP contribution in [-0.4, -0.2) is 6.26 Å². The lowest BCUT2D eigenvalue weighted by molar-refractivity contribution is -0.736. The van der Waals surface area contributed by atoms with Crippen molar-refractivity contribution in [1.29, 1.82) is 0 Å². The van der Waals surface area contributed by atoms with Crippen LogP contribution < -0.4 is 4.57 Å². The molecule has 2 heteroatoms. The van der Waals surface area contributed by atoms with E-state index in [1.165, 1.54) is 17.9 Å². The Bertz CT molecular complexity index is 255. The van der Waals surface area contributed by atoms with Crippen molar-refractivity contribution in [2.45, 2.75) is 23.9 Å². The zero-order valence-electron chi connectivity index (χ0n) is 6.66. The van der Waals surface area contributed by atoms with E-state index in [0.717, 1.165) is 6.04 Å². The van der Waals surface area contributed by atoms with E-state index in [1.807, 2.05) is 11.8 Å². The lowest BCUT2D eigenvalue weighted by atomic mass is 10.5. The summed E-state index contributed by atoms with van der Waals surface area (Å²) in [6.45, 7) is 0. The molecular weight excluding hydrogens is 154 g/mol. The predicted molar refractivity (Wildman–Crippen MR) is 46.7 cm³/mol. The first-order chi connectivity index (χ1) is 5.42. The van der Waals surface area contributed by atoms with Crippen LogP contribution >= 0.6 is 11.8 Å². The topological polar surface area (TPSA) is 3.88 Å². The van der Waals surface area contributed by atoms with Gasteiger partial charge in [0.05, 0.1) is 0 Å². The molecule has 0 unspecified atom stereocenters. The first-order valence-corrected chi connectivity index (χ1v) is 5.18. The monoisotopic (exact) mass is 166 g/mol. The maximum absolute atomic E-state index is 2.38. The molecule has 1 aromatic heterocycles. The molecule has 11 heavy (non-hydrogen) atoms. The molecule has 58 valence electrons. The van der Waals surface area contributed by atoms with Crippen LogP contribution in [0.25, 0.3) is 0 Å². The summed E-state index contributed by atoms with van der Waals surface area (Å²) in [4.78, 5) is 0. The second-order valence-electron chi connectivity index (χ2n) is 2.88. The summed E-state index contributed by atoms with van der Waals surface area (Å²) >= 11 is 1.83. The zero-order chi connectivity index (χ0) is 7.68. The summed E-state index contributed by atoms with van der Waals surface area (Å²) in [7, 11) is 0. The van der Waals surface area contributed by atoms with E-state index in [-0.39, 0.29) is 0 Å². The van der Waals surface area contributed by atoms with Gasteiger partial charge in [-0.05, 0) is 12.3 Å². The highest BCUT2D eigenvalue weighted by Gasteiger charge is 2.33. The summed E-state index contributed by atoms with van der Waals surface area (Å²) in [6.07, 6.45) is 7.04. The van der Waals surface area contributed by atoms with Crippen LogP contribution in [0, 0.1) is 0 Å². The molecule has 1 nitrogen and oxygen atoms in total. The predicted octanol–water partition coefficient (Wildman–Crippen LogP) is 2.03. The molecule has 0 N–H and O–H groups in total. The molecule has 0 atom stereocenters. The molecule has 1 fully saturated rings. The smallest absolute Gasteiger partial charge is 0.191 e. The van der Waals surface area contributed by atoms with Gasteiger partial charge in [0.25, 0.3) is 0 Å². The van der Waals surface area contributed by atoms with E-state index < -0.39 is 0 Å². The number of pyridine rings is 1. The highest BCUT2D eigenvalue weighted by atomic mass is 32.2. The Balaban J connectivity index is 2.34. The Morgan fingerprint density at radius 1 is 1.45 bits per heavy atom. The third kappa shape index (κ3) is 1.41. The van der Waals surface area contributed by atoms with Crippen molar-refractivity contribution in [3.63, 3.8) is 0 Å². The van der Waals surface area contributed by atoms with Crippen LogP contribution in [0.3, 0.4) is 0 Å². The Labute approximate surface area is 71.4 Å². The molecule has 1 heterocycles. The average Bonchev–Trinajstić information content (AvgIpc) is 2.87. The Kier molecular flexibility index (Phi) is 1.86. The van der Waals surface area contributed by atoms with E-state index in [9.17, 15) is 0 Å². The van der Waals surface area contributed by atoms with Crippen molar-refractivity contribution >= 4 is 11.8 Å². The van der Waals surface area contributed by atoms with Gasteiger partial charge in [-0.15, -0.1) is 0 Å². The highest BCUT2D eigenvalue weighted by molar-refractivity contribution is 7.98. The molecule has 2 rings (SSSR count). The van der Waals surface area contributed by atoms with Crippen molar-refractivity contribution in [2.24, 2.45) is 0 Å². The van der Waals surface area contributed by atoms with Crippen molar-refractivity contribution in [3.05, 3.63) is 24.4 Å². The minimum atomic E-state index is 0.804. The normalized spacial score (nSPS) is 16.8. The van der Waals surface area contributed by atoms with Gasteiger partial charge in [0.15, 0.2) is 12.2 Å². The van der Waals surface area contributed by atoms with Gasteiger partial charge in [-0.1, -0.05) is 11.8 Å².